The first kappa shape index (κ1) is 17.4. The van der Waals surface area contributed by atoms with Crippen LogP contribution in [0.4, 0.5) is 18.0 Å². The van der Waals surface area contributed by atoms with Crippen molar-refractivity contribution in [2.45, 2.75) is 76.2 Å². The molecule has 0 aromatic rings. The molecule has 1 saturated carbocycles. The van der Waals surface area contributed by atoms with E-state index in [1.807, 2.05) is 0 Å². The molecule has 128 valence electrons. The summed E-state index contributed by atoms with van der Waals surface area (Å²) in [7, 11) is 0. The summed E-state index contributed by atoms with van der Waals surface area (Å²) in [5.74, 6) is 0. The van der Waals surface area contributed by atoms with Gasteiger partial charge in [0.05, 0.1) is 0 Å². The average molecular weight is 322 g/mol. The van der Waals surface area contributed by atoms with Crippen LogP contribution in [-0.4, -0.2) is 47.4 Å². The van der Waals surface area contributed by atoms with Crippen LogP contribution in [0, 0.1) is 0 Å². The van der Waals surface area contributed by atoms with Gasteiger partial charge in [-0.15, -0.1) is 0 Å². The lowest BCUT2D eigenvalue weighted by atomic mass is 10.0. The topological polar surface area (TPSA) is 41.6 Å². The van der Waals surface area contributed by atoms with Crippen LogP contribution in [0.3, 0.4) is 0 Å². The second kappa shape index (κ2) is 5.91. The third-order valence-corrected chi connectivity index (χ3v) is 4.22. The van der Waals surface area contributed by atoms with Gasteiger partial charge in [0.25, 0.3) is 0 Å². The van der Waals surface area contributed by atoms with E-state index in [9.17, 15) is 18.0 Å². The van der Waals surface area contributed by atoms with E-state index in [1.54, 1.807) is 25.7 Å². The fourth-order valence-corrected chi connectivity index (χ4v) is 2.77. The molecule has 1 heterocycles. The second-order valence-electron chi connectivity index (χ2n) is 7.28. The highest BCUT2D eigenvalue weighted by atomic mass is 19.4. The minimum absolute atomic E-state index is 0.121. The number of nitrogens with one attached hydrogen (secondary N) is 1. The lowest BCUT2D eigenvalue weighted by molar-refractivity contribution is -0.166. The van der Waals surface area contributed by atoms with Crippen molar-refractivity contribution in [3.05, 3.63) is 0 Å². The van der Waals surface area contributed by atoms with Crippen LogP contribution in [-0.2, 0) is 4.74 Å². The van der Waals surface area contributed by atoms with Crippen LogP contribution >= 0.6 is 0 Å². The second-order valence-corrected chi connectivity index (χ2v) is 7.28. The van der Waals surface area contributed by atoms with Crippen molar-refractivity contribution >= 4 is 6.09 Å². The quantitative estimate of drug-likeness (QED) is 0.865. The van der Waals surface area contributed by atoms with Gasteiger partial charge in [-0.2, -0.15) is 13.2 Å². The Morgan fingerprint density at radius 2 is 1.91 bits per heavy atom. The van der Waals surface area contributed by atoms with Gasteiger partial charge in [0, 0.05) is 19.1 Å². The zero-order valence-corrected chi connectivity index (χ0v) is 13.4. The van der Waals surface area contributed by atoms with Crippen LogP contribution in [0.1, 0.15) is 52.9 Å². The predicted molar refractivity (Wildman–Crippen MR) is 76.6 cm³/mol. The van der Waals surface area contributed by atoms with Crippen LogP contribution in [0.15, 0.2) is 0 Å². The standard InChI is InChI=1S/C15H25F3N2O2/c1-13(2,3)22-12(21)20-9-5-4-6-11(20)10-19-14(7-8-14)15(16,17)18/h11,19H,4-10H2,1-3H3. The van der Waals surface area contributed by atoms with E-state index < -0.39 is 23.4 Å². The molecule has 0 bridgehead atoms. The van der Waals surface area contributed by atoms with Crippen molar-refractivity contribution in [3.63, 3.8) is 0 Å². The van der Waals surface area contributed by atoms with E-state index in [2.05, 4.69) is 5.32 Å². The SMILES string of the molecule is CC(C)(C)OC(=O)N1CCCCC1CNC1(C(F)(F)F)CC1. The Morgan fingerprint density at radius 3 is 2.41 bits per heavy atom. The van der Waals surface area contributed by atoms with Crippen molar-refractivity contribution in [3.8, 4) is 0 Å². The maximum Gasteiger partial charge on any atom is 0.410 e. The first-order chi connectivity index (χ1) is 10.0. The smallest absolute Gasteiger partial charge is 0.410 e. The van der Waals surface area contributed by atoms with Crippen molar-refractivity contribution in [1.82, 2.24) is 10.2 Å². The van der Waals surface area contributed by atoms with Crippen LogP contribution < -0.4 is 5.32 Å². The van der Waals surface area contributed by atoms with Gasteiger partial charge in [0.2, 0.25) is 0 Å². The molecule has 0 spiro atoms. The van der Waals surface area contributed by atoms with Gasteiger partial charge in [-0.25, -0.2) is 4.79 Å². The molecule has 7 heteroatoms. The monoisotopic (exact) mass is 322 g/mol. The molecule has 1 N–H and O–H groups in total. The van der Waals surface area contributed by atoms with Crippen LogP contribution in [0.2, 0.25) is 0 Å². The van der Waals surface area contributed by atoms with Gasteiger partial charge in [0.15, 0.2) is 0 Å². The summed E-state index contributed by atoms with van der Waals surface area (Å²) >= 11 is 0. The van der Waals surface area contributed by atoms with E-state index in [-0.39, 0.29) is 25.4 Å². The van der Waals surface area contributed by atoms with E-state index >= 15 is 0 Å². The van der Waals surface area contributed by atoms with Gasteiger partial charge in [0.1, 0.15) is 11.1 Å². The summed E-state index contributed by atoms with van der Waals surface area (Å²) < 4.78 is 44.2. The van der Waals surface area contributed by atoms with Gasteiger partial charge in [-0.1, -0.05) is 0 Å². The number of piperidine rings is 1. The first-order valence-corrected chi connectivity index (χ1v) is 7.85. The number of hydrogen-bond donors (Lipinski definition) is 1. The van der Waals surface area contributed by atoms with Gasteiger partial charge >= 0.3 is 12.3 Å². The molecule has 1 aliphatic heterocycles. The summed E-state index contributed by atoms with van der Waals surface area (Å²) in [6.45, 7) is 6.06. The highest BCUT2D eigenvalue weighted by molar-refractivity contribution is 5.68. The molecule has 0 radical (unpaired) electrons. The van der Waals surface area contributed by atoms with E-state index in [0.29, 0.717) is 13.0 Å². The number of alkyl halides is 3. The van der Waals surface area contributed by atoms with E-state index in [4.69, 9.17) is 4.74 Å². The number of amides is 1. The number of nitrogens with zero attached hydrogens (tertiary/aromatic N) is 1. The number of ether oxygens (including phenoxy) is 1. The highest BCUT2D eigenvalue weighted by Crippen LogP contribution is 2.48. The Hall–Kier alpha value is -0.980. The molecule has 1 unspecified atom stereocenters. The summed E-state index contributed by atoms with van der Waals surface area (Å²) in [6, 6.07) is -0.233. The third-order valence-electron chi connectivity index (χ3n) is 4.22. The summed E-state index contributed by atoms with van der Waals surface area (Å²) in [5, 5.41) is 2.65. The van der Waals surface area contributed by atoms with Gasteiger partial charge in [-0.3, -0.25) is 0 Å². The number of likely N-dealkylation sites (tertiary alicyclic amines) is 1. The molecular formula is C15H25F3N2O2. The molecule has 1 amide bonds. The zero-order valence-electron chi connectivity index (χ0n) is 13.4. The summed E-state index contributed by atoms with van der Waals surface area (Å²) in [6.07, 6.45) is -1.93. The largest absolute Gasteiger partial charge is 0.444 e. The first-order valence-electron chi connectivity index (χ1n) is 7.85. The lowest BCUT2D eigenvalue weighted by Crippen LogP contribution is -2.54. The molecule has 0 aromatic heterocycles. The van der Waals surface area contributed by atoms with Crippen LogP contribution in [0.5, 0.6) is 0 Å². The predicted octanol–water partition coefficient (Wildman–Crippen LogP) is 3.46. The number of carbonyl (C=O) groups is 1. The van der Waals surface area contributed by atoms with E-state index in [1.165, 1.54) is 0 Å². The minimum atomic E-state index is -4.22. The normalized spacial score (nSPS) is 25.0. The molecule has 1 saturated heterocycles. The molecule has 2 rings (SSSR count). The minimum Gasteiger partial charge on any atom is -0.444 e. The fourth-order valence-electron chi connectivity index (χ4n) is 2.77. The molecule has 0 aromatic carbocycles. The van der Waals surface area contributed by atoms with Crippen LogP contribution in [0.25, 0.3) is 0 Å². The molecule has 1 aliphatic carbocycles. The number of halogens is 3. The Morgan fingerprint density at radius 1 is 1.27 bits per heavy atom. The van der Waals surface area contributed by atoms with Crippen molar-refractivity contribution < 1.29 is 22.7 Å². The highest BCUT2D eigenvalue weighted by Gasteiger charge is 2.63. The molecule has 2 fully saturated rings. The van der Waals surface area contributed by atoms with Crippen molar-refractivity contribution in [2.75, 3.05) is 13.1 Å². The van der Waals surface area contributed by atoms with E-state index in [0.717, 1.165) is 12.8 Å². The lowest BCUT2D eigenvalue weighted by Gasteiger charge is -2.37. The Kier molecular flexibility index (Phi) is 4.66. The molecule has 2 aliphatic rings. The maximum absolute atomic E-state index is 13.0. The maximum atomic E-state index is 13.0. The molecule has 1 atom stereocenters. The number of carbonyl (C=O) groups excluding carboxylic acids is 1. The van der Waals surface area contributed by atoms with Gasteiger partial charge < -0.3 is 15.0 Å². The molecule has 22 heavy (non-hydrogen) atoms. The van der Waals surface area contributed by atoms with Crippen molar-refractivity contribution in [2.24, 2.45) is 0 Å². The molecule has 4 nitrogen and oxygen atoms in total. The number of rotatable bonds is 3. The summed E-state index contributed by atoms with van der Waals surface area (Å²) in [4.78, 5) is 13.8. The Bertz CT molecular complexity index is 414. The third kappa shape index (κ3) is 4.06. The van der Waals surface area contributed by atoms with Gasteiger partial charge in [-0.05, 0) is 52.9 Å². The van der Waals surface area contributed by atoms with Crippen molar-refractivity contribution in [1.29, 1.82) is 0 Å². The zero-order chi connectivity index (χ0) is 16.6. The molecular weight excluding hydrogens is 297 g/mol. The average Bonchev–Trinajstić information content (AvgIpc) is 3.15. The summed E-state index contributed by atoms with van der Waals surface area (Å²) in [5.41, 5.74) is -2.33. The fraction of sp³-hybridized carbons (Fsp3) is 0.933. The number of hydrogen-bond acceptors (Lipinski definition) is 3. The Labute approximate surface area is 129 Å². The Balaban J connectivity index is 1.94.